The van der Waals surface area contributed by atoms with Gasteiger partial charge in [-0.3, -0.25) is 4.79 Å². The van der Waals surface area contributed by atoms with Crippen LogP contribution in [-0.4, -0.2) is 12.4 Å². The highest BCUT2D eigenvalue weighted by molar-refractivity contribution is 5.98. The number of benzene rings is 1. The van der Waals surface area contributed by atoms with Crippen molar-refractivity contribution in [2.75, 3.05) is 6.61 Å². The molecular formula is C13H15NO2. The molecule has 0 saturated carbocycles. The molecular weight excluding hydrogens is 202 g/mol. The van der Waals surface area contributed by atoms with E-state index in [1.54, 1.807) is 25.1 Å². The summed E-state index contributed by atoms with van der Waals surface area (Å²) < 4.78 is 5.32. The Bertz CT molecular complexity index is 407. The molecule has 0 radical (unpaired) electrons. The molecule has 0 aliphatic carbocycles. The molecule has 0 saturated heterocycles. The maximum atomic E-state index is 11.9. The molecule has 3 heteroatoms. The highest BCUT2D eigenvalue weighted by Gasteiger charge is 2.15. The highest BCUT2D eigenvalue weighted by atomic mass is 16.5. The van der Waals surface area contributed by atoms with Gasteiger partial charge in [-0.05, 0) is 19.1 Å². The van der Waals surface area contributed by atoms with Crippen LogP contribution in [0.2, 0.25) is 0 Å². The molecule has 0 bridgehead atoms. The zero-order chi connectivity index (χ0) is 12.0. The molecule has 1 unspecified atom stereocenters. The molecule has 0 amide bonds. The van der Waals surface area contributed by atoms with Crippen LogP contribution in [0.1, 0.15) is 30.6 Å². The molecule has 0 spiro atoms. The number of Topliss-reactive ketones (excluding diaryl/α,β-unsaturated/α-hetero) is 1. The second-order valence-corrected chi connectivity index (χ2v) is 3.59. The number of nitriles is 1. The monoisotopic (exact) mass is 217 g/mol. The van der Waals surface area contributed by atoms with E-state index in [9.17, 15) is 4.79 Å². The quantitative estimate of drug-likeness (QED) is 0.712. The molecule has 0 aliphatic rings. The lowest BCUT2D eigenvalue weighted by atomic mass is 9.97. The third-order valence-corrected chi connectivity index (χ3v) is 2.27. The van der Waals surface area contributed by atoms with Gasteiger partial charge in [0, 0.05) is 17.9 Å². The van der Waals surface area contributed by atoms with Gasteiger partial charge in [0.15, 0.2) is 5.78 Å². The van der Waals surface area contributed by atoms with Crippen molar-refractivity contribution in [1.29, 1.82) is 5.26 Å². The molecule has 84 valence electrons. The van der Waals surface area contributed by atoms with Gasteiger partial charge in [-0.2, -0.15) is 5.26 Å². The molecule has 1 atom stereocenters. The summed E-state index contributed by atoms with van der Waals surface area (Å²) in [5.74, 6) is 0.419. The van der Waals surface area contributed by atoms with E-state index in [1.165, 1.54) is 0 Å². The Kier molecular flexibility index (Phi) is 4.53. The Morgan fingerprint density at radius 3 is 2.94 bits per heavy atom. The smallest absolute Gasteiger partial charge is 0.166 e. The second-order valence-electron chi connectivity index (χ2n) is 3.59. The SMILES string of the molecule is CCOc1cccc(C(=O)C(C)CC#N)c1. The van der Waals surface area contributed by atoms with Gasteiger partial charge in [0.2, 0.25) is 0 Å². The average Bonchev–Trinajstić information content (AvgIpc) is 2.29. The predicted molar refractivity (Wildman–Crippen MR) is 61.3 cm³/mol. The van der Waals surface area contributed by atoms with Crippen LogP contribution < -0.4 is 4.74 Å². The van der Waals surface area contributed by atoms with Crippen LogP contribution in [0.4, 0.5) is 0 Å². The Morgan fingerprint density at radius 1 is 1.56 bits per heavy atom. The van der Waals surface area contributed by atoms with E-state index in [0.717, 1.165) is 0 Å². The standard InChI is InChI=1S/C13H15NO2/c1-3-16-12-6-4-5-11(9-12)13(15)10(2)7-8-14/h4-6,9-10H,3,7H2,1-2H3. The van der Waals surface area contributed by atoms with E-state index < -0.39 is 0 Å². The van der Waals surface area contributed by atoms with Crippen molar-refractivity contribution in [1.82, 2.24) is 0 Å². The van der Waals surface area contributed by atoms with E-state index in [4.69, 9.17) is 10.00 Å². The van der Waals surface area contributed by atoms with Gasteiger partial charge in [-0.25, -0.2) is 0 Å². The molecule has 1 rings (SSSR count). The summed E-state index contributed by atoms with van der Waals surface area (Å²) in [6, 6.07) is 9.08. The van der Waals surface area contributed by atoms with Crippen molar-refractivity contribution in [3.63, 3.8) is 0 Å². The fourth-order valence-electron chi connectivity index (χ4n) is 1.42. The number of hydrogen-bond acceptors (Lipinski definition) is 3. The van der Waals surface area contributed by atoms with E-state index >= 15 is 0 Å². The molecule has 3 nitrogen and oxygen atoms in total. The first-order chi connectivity index (χ1) is 7.69. The minimum atomic E-state index is -0.262. The van der Waals surface area contributed by atoms with Gasteiger partial charge in [0.05, 0.1) is 12.7 Å². The largest absolute Gasteiger partial charge is 0.494 e. The fraction of sp³-hybridized carbons (Fsp3) is 0.385. The van der Waals surface area contributed by atoms with E-state index in [1.807, 2.05) is 19.1 Å². The number of hydrogen-bond donors (Lipinski definition) is 0. The van der Waals surface area contributed by atoms with Crippen molar-refractivity contribution in [3.8, 4) is 11.8 Å². The number of carbonyl (C=O) groups excluding carboxylic acids is 1. The molecule has 0 aromatic heterocycles. The van der Waals surface area contributed by atoms with Crippen molar-refractivity contribution in [3.05, 3.63) is 29.8 Å². The lowest BCUT2D eigenvalue weighted by molar-refractivity contribution is 0.0931. The van der Waals surface area contributed by atoms with Gasteiger partial charge < -0.3 is 4.74 Å². The lowest BCUT2D eigenvalue weighted by Gasteiger charge is -2.08. The number of ketones is 1. The van der Waals surface area contributed by atoms with Gasteiger partial charge >= 0.3 is 0 Å². The Balaban J connectivity index is 2.83. The third kappa shape index (κ3) is 3.09. The fourth-order valence-corrected chi connectivity index (χ4v) is 1.42. The summed E-state index contributed by atoms with van der Waals surface area (Å²) in [7, 11) is 0. The minimum Gasteiger partial charge on any atom is -0.494 e. The molecule has 0 heterocycles. The van der Waals surface area contributed by atoms with Gasteiger partial charge in [-0.1, -0.05) is 19.1 Å². The van der Waals surface area contributed by atoms with Crippen molar-refractivity contribution in [2.45, 2.75) is 20.3 Å². The summed E-state index contributed by atoms with van der Waals surface area (Å²) in [6.07, 6.45) is 0.248. The molecule has 1 aromatic rings. The van der Waals surface area contributed by atoms with Crippen LogP contribution in [0.25, 0.3) is 0 Å². The van der Waals surface area contributed by atoms with Crippen LogP contribution in [0.5, 0.6) is 5.75 Å². The van der Waals surface area contributed by atoms with Gasteiger partial charge in [0.25, 0.3) is 0 Å². The second kappa shape index (κ2) is 5.92. The molecule has 16 heavy (non-hydrogen) atoms. The maximum absolute atomic E-state index is 11.9. The first kappa shape index (κ1) is 12.3. The molecule has 0 aliphatic heterocycles. The number of nitrogens with zero attached hydrogens (tertiary/aromatic N) is 1. The van der Waals surface area contributed by atoms with E-state index in [2.05, 4.69) is 0 Å². The summed E-state index contributed by atoms with van der Waals surface area (Å²) in [5.41, 5.74) is 0.605. The number of carbonyl (C=O) groups is 1. The van der Waals surface area contributed by atoms with Crippen LogP contribution in [0, 0.1) is 17.2 Å². The third-order valence-electron chi connectivity index (χ3n) is 2.27. The first-order valence-electron chi connectivity index (χ1n) is 5.33. The minimum absolute atomic E-state index is 0.0110. The van der Waals surface area contributed by atoms with Gasteiger partial charge in [0.1, 0.15) is 5.75 Å². The molecule has 1 aromatic carbocycles. The topological polar surface area (TPSA) is 50.1 Å². The van der Waals surface area contributed by atoms with Crippen LogP contribution in [0.3, 0.4) is 0 Å². The summed E-state index contributed by atoms with van der Waals surface area (Å²) >= 11 is 0. The number of ether oxygens (including phenoxy) is 1. The van der Waals surface area contributed by atoms with Crippen molar-refractivity contribution in [2.24, 2.45) is 5.92 Å². The Hall–Kier alpha value is -1.82. The van der Waals surface area contributed by atoms with Crippen molar-refractivity contribution >= 4 is 5.78 Å². The van der Waals surface area contributed by atoms with Crippen molar-refractivity contribution < 1.29 is 9.53 Å². The first-order valence-corrected chi connectivity index (χ1v) is 5.33. The Labute approximate surface area is 95.7 Å². The van der Waals surface area contributed by atoms with Crippen LogP contribution in [-0.2, 0) is 0 Å². The van der Waals surface area contributed by atoms with Crippen LogP contribution in [0.15, 0.2) is 24.3 Å². The maximum Gasteiger partial charge on any atom is 0.166 e. The lowest BCUT2D eigenvalue weighted by Crippen LogP contribution is -2.10. The van der Waals surface area contributed by atoms with E-state index in [0.29, 0.717) is 17.9 Å². The summed E-state index contributed by atoms with van der Waals surface area (Å²) in [5, 5.41) is 8.54. The normalized spacial score (nSPS) is 11.6. The highest BCUT2D eigenvalue weighted by Crippen LogP contribution is 2.17. The average molecular weight is 217 g/mol. The predicted octanol–water partition coefficient (Wildman–Crippen LogP) is 2.82. The summed E-state index contributed by atoms with van der Waals surface area (Å²) in [6.45, 7) is 4.23. The zero-order valence-corrected chi connectivity index (χ0v) is 9.56. The Morgan fingerprint density at radius 2 is 2.31 bits per heavy atom. The molecule has 0 fully saturated rings. The van der Waals surface area contributed by atoms with Crippen LogP contribution >= 0.6 is 0 Å². The molecule has 0 N–H and O–H groups in total. The van der Waals surface area contributed by atoms with Gasteiger partial charge in [-0.15, -0.1) is 0 Å². The van der Waals surface area contributed by atoms with E-state index in [-0.39, 0.29) is 18.1 Å². The summed E-state index contributed by atoms with van der Waals surface area (Å²) in [4.78, 5) is 11.9. The number of rotatable bonds is 5. The zero-order valence-electron chi connectivity index (χ0n) is 9.56.